The molecule has 0 aromatic rings. The number of nitrogens with zero attached hydrogens (tertiary/aromatic N) is 1. The van der Waals surface area contributed by atoms with Crippen molar-refractivity contribution in [2.24, 2.45) is 5.73 Å². The second-order valence-electron chi connectivity index (χ2n) is 5.53. The lowest BCUT2D eigenvalue weighted by Crippen LogP contribution is -2.43. The molecule has 0 bridgehead atoms. The SMILES string of the molecule is CC(C)(C)N1CCNC(CCCN)CC1. The maximum atomic E-state index is 5.54. The molecular weight excluding hydrogens is 186 g/mol. The van der Waals surface area contributed by atoms with E-state index in [1.54, 1.807) is 0 Å². The van der Waals surface area contributed by atoms with Gasteiger partial charge in [0.25, 0.3) is 0 Å². The van der Waals surface area contributed by atoms with Crippen LogP contribution in [0.2, 0.25) is 0 Å². The number of hydrogen-bond acceptors (Lipinski definition) is 3. The molecule has 0 aliphatic carbocycles. The molecule has 0 spiro atoms. The van der Waals surface area contributed by atoms with E-state index in [2.05, 4.69) is 31.0 Å². The summed E-state index contributed by atoms with van der Waals surface area (Å²) in [5.74, 6) is 0. The summed E-state index contributed by atoms with van der Waals surface area (Å²) < 4.78 is 0. The first-order valence-electron chi connectivity index (χ1n) is 6.22. The van der Waals surface area contributed by atoms with E-state index in [0.717, 1.165) is 19.5 Å². The van der Waals surface area contributed by atoms with Crippen molar-refractivity contribution in [3.8, 4) is 0 Å². The Morgan fingerprint density at radius 2 is 2.07 bits per heavy atom. The van der Waals surface area contributed by atoms with Crippen molar-refractivity contribution in [3.05, 3.63) is 0 Å². The third-order valence-electron chi connectivity index (χ3n) is 3.27. The molecule has 1 aliphatic heterocycles. The Balaban J connectivity index is 2.35. The summed E-state index contributed by atoms with van der Waals surface area (Å²) >= 11 is 0. The fourth-order valence-electron chi connectivity index (χ4n) is 2.21. The van der Waals surface area contributed by atoms with Crippen LogP contribution in [0.15, 0.2) is 0 Å². The lowest BCUT2D eigenvalue weighted by molar-refractivity contribution is 0.146. The van der Waals surface area contributed by atoms with Crippen molar-refractivity contribution in [2.75, 3.05) is 26.2 Å². The molecule has 0 amide bonds. The van der Waals surface area contributed by atoms with E-state index in [4.69, 9.17) is 5.73 Å². The van der Waals surface area contributed by atoms with Crippen LogP contribution in [0.1, 0.15) is 40.0 Å². The number of rotatable bonds is 3. The summed E-state index contributed by atoms with van der Waals surface area (Å²) in [6, 6.07) is 0.681. The summed E-state index contributed by atoms with van der Waals surface area (Å²) in [5, 5.41) is 3.62. The van der Waals surface area contributed by atoms with Gasteiger partial charge in [0.15, 0.2) is 0 Å². The van der Waals surface area contributed by atoms with Crippen molar-refractivity contribution in [1.29, 1.82) is 0 Å². The molecule has 1 heterocycles. The molecule has 90 valence electrons. The topological polar surface area (TPSA) is 41.3 Å². The van der Waals surface area contributed by atoms with Gasteiger partial charge in [-0.25, -0.2) is 0 Å². The lowest BCUT2D eigenvalue weighted by Gasteiger charge is -2.34. The van der Waals surface area contributed by atoms with Crippen LogP contribution in [0, 0.1) is 0 Å². The summed E-state index contributed by atoms with van der Waals surface area (Å²) in [6.45, 7) is 11.2. The highest BCUT2D eigenvalue weighted by atomic mass is 15.2. The third-order valence-corrected chi connectivity index (χ3v) is 3.27. The lowest BCUT2D eigenvalue weighted by atomic mass is 10.0. The molecule has 1 unspecified atom stereocenters. The van der Waals surface area contributed by atoms with E-state index in [-0.39, 0.29) is 0 Å². The van der Waals surface area contributed by atoms with E-state index >= 15 is 0 Å². The smallest absolute Gasteiger partial charge is 0.0125 e. The Kier molecular flexibility index (Phi) is 5.03. The second kappa shape index (κ2) is 5.83. The molecule has 1 aliphatic rings. The monoisotopic (exact) mass is 213 g/mol. The first-order valence-corrected chi connectivity index (χ1v) is 6.22. The largest absolute Gasteiger partial charge is 0.330 e. The molecule has 1 rings (SSSR count). The van der Waals surface area contributed by atoms with E-state index in [1.807, 2.05) is 0 Å². The molecule has 3 nitrogen and oxygen atoms in total. The van der Waals surface area contributed by atoms with E-state index < -0.39 is 0 Å². The van der Waals surface area contributed by atoms with Gasteiger partial charge in [-0.05, 0) is 46.6 Å². The maximum Gasteiger partial charge on any atom is 0.0125 e. The predicted octanol–water partition coefficient (Wildman–Crippen LogP) is 1.19. The number of nitrogens with two attached hydrogens (primary N) is 1. The van der Waals surface area contributed by atoms with Gasteiger partial charge in [-0.15, -0.1) is 0 Å². The Morgan fingerprint density at radius 1 is 1.33 bits per heavy atom. The summed E-state index contributed by atoms with van der Waals surface area (Å²) in [4.78, 5) is 2.57. The normalized spacial score (nSPS) is 25.2. The Hall–Kier alpha value is -0.120. The zero-order valence-electron chi connectivity index (χ0n) is 10.6. The fraction of sp³-hybridized carbons (Fsp3) is 1.00. The molecule has 1 saturated heterocycles. The molecule has 0 aromatic carbocycles. The van der Waals surface area contributed by atoms with Gasteiger partial charge in [0.2, 0.25) is 0 Å². The van der Waals surface area contributed by atoms with Crippen LogP contribution in [0.3, 0.4) is 0 Å². The third kappa shape index (κ3) is 4.49. The van der Waals surface area contributed by atoms with Crippen LogP contribution in [0.4, 0.5) is 0 Å². The molecule has 1 fully saturated rings. The van der Waals surface area contributed by atoms with Crippen LogP contribution in [-0.4, -0.2) is 42.7 Å². The zero-order valence-corrected chi connectivity index (χ0v) is 10.6. The maximum absolute atomic E-state index is 5.54. The highest BCUT2D eigenvalue weighted by Crippen LogP contribution is 2.16. The molecular formula is C12H27N3. The van der Waals surface area contributed by atoms with Crippen molar-refractivity contribution >= 4 is 0 Å². The molecule has 3 heteroatoms. The van der Waals surface area contributed by atoms with Gasteiger partial charge < -0.3 is 11.1 Å². The van der Waals surface area contributed by atoms with Crippen LogP contribution in [-0.2, 0) is 0 Å². The van der Waals surface area contributed by atoms with Crippen molar-refractivity contribution in [2.45, 2.75) is 51.6 Å². The van der Waals surface area contributed by atoms with Crippen molar-refractivity contribution in [3.63, 3.8) is 0 Å². The van der Waals surface area contributed by atoms with Crippen LogP contribution < -0.4 is 11.1 Å². The minimum atomic E-state index is 0.310. The number of hydrogen-bond donors (Lipinski definition) is 2. The minimum absolute atomic E-state index is 0.310. The predicted molar refractivity (Wildman–Crippen MR) is 66.0 cm³/mol. The molecule has 0 aromatic heterocycles. The first-order chi connectivity index (χ1) is 7.04. The average Bonchev–Trinajstić information content (AvgIpc) is 2.38. The van der Waals surface area contributed by atoms with Gasteiger partial charge in [0.1, 0.15) is 0 Å². The quantitative estimate of drug-likeness (QED) is 0.740. The van der Waals surface area contributed by atoms with Gasteiger partial charge in [0.05, 0.1) is 0 Å². The van der Waals surface area contributed by atoms with Crippen LogP contribution in [0.25, 0.3) is 0 Å². The summed E-state index contributed by atoms with van der Waals surface area (Å²) in [5.41, 5.74) is 5.85. The zero-order chi connectivity index (χ0) is 11.3. The van der Waals surface area contributed by atoms with Crippen LogP contribution in [0.5, 0.6) is 0 Å². The summed E-state index contributed by atoms with van der Waals surface area (Å²) in [7, 11) is 0. The minimum Gasteiger partial charge on any atom is -0.330 e. The average molecular weight is 213 g/mol. The van der Waals surface area contributed by atoms with E-state index in [0.29, 0.717) is 11.6 Å². The summed E-state index contributed by atoms with van der Waals surface area (Å²) in [6.07, 6.45) is 3.64. The van der Waals surface area contributed by atoms with Gasteiger partial charge >= 0.3 is 0 Å². The van der Waals surface area contributed by atoms with Gasteiger partial charge in [-0.2, -0.15) is 0 Å². The number of nitrogens with one attached hydrogen (secondary N) is 1. The standard InChI is InChI=1S/C12H27N3/c1-12(2,3)15-9-6-11(5-4-7-13)14-8-10-15/h11,14H,4-10,13H2,1-3H3. The van der Waals surface area contributed by atoms with Crippen molar-refractivity contribution < 1.29 is 0 Å². The molecule has 3 N–H and O–H groups in total. The highest BCUT2D eigenvalue weighted by Gasteiger charge is 2.24. The first kappa shape index (κ1) is 12.9. The Labute approximate surface area is 94.4 Å². The Bertz CT molecular complexity index is 174. The molecule has 0 radical (unpaired) electrons. The molecule has 0 saturated carbocycles. The van der Waals surface area contributed by atoms with E-state index in [1.165, 1.54) is 25.9 Å². The molecule has 1 atom stereocenters. The second-order valence-corrected chi connectivity index (χ2v) is 5.53. The molecule has 15 heavy (non-hydrogen) atoms. The van der Waals surface area contributed by atoms with Crippen molar-refractivity contribution in [1.82, 2.24) is 10.2 Å². The fourth-order valence-corrected chi connectivity index (χ4v) is 2.21. The highest BCUT2D eigenvalue weighted by molar-refractivity contribution is 4.82. The van der Waals surface area contributed by atoms with Gasteiger partial charge in [-0.3, -0.25) is 4.90 Å². The van der Waals surface area contributed by atoms with Crippen LogP contribution >= 0.6 is 0 Å². The van der Waals surface area contributed by atoms with Gasteiger partial charge in [-0.1, -0.05) is 0 Å². The van der Waals surface area contributed by atoms with E-state index in [9.17, 15) is 0 Å². The Morgan fingerprint density at radius 3 is 2.67 bits per heavy atom. The van der Waals surface area contributed by atoms with Gasteiger partial charge in [0, 0.05) is 31.2 Å².